The van der Waals surface area contributed by atoms with Crippen LogP contribution in [0.4, 0.5) is 5.69 Å². The van der Waals surface area contributed by atoms with Crippen molar-refractivity contribution in [2.75, 3.05) is 5.73 Å². The van der Waals surface area contributed by atoms with Gasteiger partial charge in [-0.05, 0) is 35.9 Å². The average Bonchev–Trinajstić information content (AvgIpc) is 2.80. The molecule has 19 heavy (non-hydrogen) atoms. The van der Waals surface area contributed by atoms with E-state index in [1.165, 1.54) is 0 Å². The highest BCUT2D eigenvalue weighted by Gasteiger charge is 2.04. The van der Waals surface area contributed by atoms with Crippen molar-refractivity contribution in [2.45, 2.75) is 6.61 Å². The molecule has 96 valence electrons. The van der Waals surface area contributed by atoms with E-state index < -0.39 is 0 Å². The minimum atomic E-state index is 0.475. The second-order valence-electron chi connectivity index (χ2n) is 4.23. The number of halogens is 1. The lowest BCUT2D eigenvalue weighted by Crippen LogP contribution is -1.96. The predicted octanol–water partition coefficient (Wildman–Crippen LogP) is 3.49. The Hall–Kier alpha value is -2.01. The molecule has 3 aromatic rings. The van der Waals surface area contributed by atoms with Crippen LogP contribution in [0.25, 0.3) is 11.0 Å². The maximum atomic E-state index is 5.72. The van der Waals surface area contributed by atoms with Gasteiger partial charge in [-0.3, -0.25) is 0 Å². The van der Waals surface area contributed by atoms with Crippen molar-refractivity contribution in [1.82, 2.24) is 9.97 Å². The van der Waals surface area contributed by atoms with Crippen molar-refractivity contribution in [3.05, 3.63) is 52.5 Å². The Balaban J connectivity index is 1.76. The third kappa shape index (κ3) is 2.71. The first-order chi connectivity index (χ1) is 9.20. The summed E-state index contributed by atoms with van der Waals surface area (Å²) in [6.45, 7) is 0.475. The van der Waals surface area contributed by atoms with E-state index in [-0.39, 0.29) is 0 Å². The van der Waals surface area contributed by atoms with Crippen LogP contribution in [0.1, 0.15) is 5.56 Å². The number of nitrogens with two attached hydrogens (primary N) is 1. The number of rotatable bonds is 3. The van der Waals surface area contributed by atoms with E-state index in [2.05, 4.69) is 25.9 Å². The second kappa shape index (κ2) is 4.93. The number of aromatic amines is 1. The van der Waals surface area contributed by atoms with Crippen LogP contribution in [-0.2, 0) is 6.61 Å². The quantitative estimate of drug-likeness (QED) is 0.727. The van der Waals surface area contributed by atoms with E-state index in [4.69, 9.17) is 10.5 Å². The summed E-state index contributed by atoms with van der Waals surface area (Å²) in [5.74, 6) is 0. The van der Waals surface area contributed by atoms with Gasteiger partial charge < -0.3 is 15.5 Å². The number of nitrogens with one attached hydrogen (secondary N) is 1. The first-order valence-electron chi connectivity index (χ1n) is 5.83. The largest absolute Gasteiger partial charge is 0.460 e. The van der Waals surface area contributed by atoms with E-state index in [1.807, 2.05) is 42.5 Å². The van der Waals surface area contributed by atoms with Crippen LogP contribution in [0, 0.1) is 0 Å². The number of ether oxygens (including phenoxy) is 1. The number of H-pyrrole nitrogens is 1. The van der Waals surface area contributed by atoms with Crippen LogP contribution in [0.5, 0.6) is 6.01 Å². The molecule has 3 N–H and O–H groups in total. The summed E-state index contributed by atoms with van der Waals surface area (Å²) < 4.78 is 6.69. The number of anilines is 1. The van der Waals surface area contributed by atoms with Crippen LogP contribution in [0.3, 0.4) is 0 Å². The smallest absolute Gasteiger partial charge is 0.294 e. The third-order valence-corrected chi connectivity index (χ3v) is 3.30. The van der Waals surface area contributed by atoms with E-state index in [1.54, 1.807) is 0 Å². The van der Waals surface area contributed by atoms with Gasteiger partial charge in [-0.25, -0.2) is 0 Å². The van der Waals surface area contributed by atoms with Crippen LogP contribution >= 0.6 is 15.9 Å². The Bertz CT molecular complexity index is 706. The first-order valence-corrected chi connectivity index (χ1v) is 6.62. The molecule has 0 saturated heterocycles. The molecule has 0 saturated carbocycles. The van der Waals surface area contributed by atoms with E-state index in [0.29, 0.717) is 18.3 Å². The normalized spacial score (nSPS) is 10.8. The Morgan fingerprint density at radius 1 is 1.16 bits per heavy atom. The van der Waals surface area contributed by atoms with Crippen molar-refractivity contribution in [3.8, 4) is 6.01 Å². The monoisotopic (exact) mass is 317 g/mol. The lowest BCUT2D eigenvalue weighted by atomic mass is 10.2. The number of aromatic nitrogens is 2. The first kappa shape index (κ1) is 12.0. The number of nitrogen functional groups attached to an aromatic ring is 1. The summed E-state index contributed by atoms with van der Waals surface area (Å²) in [6, 6.07) is 14.0. The number of fused-ring (bicyclic) bond motifs is 1. The minimum Gasteiger partial charge on any atom is -0.460 e. The summed E-state index contributed by atoms with van der Waals surface area (Å²) in [6.07, 6.45) is 0. The molecule has 0 fully saturated rings. The molecule has 0 aliphatic rings. The zero-order valence-electron chi connectivity index (χ0n) is 10.1. The topological polar surface area (TPSA) is 63.9 Å². The van der Waals surface area contributed by atoms with Gasteiger partial charge in [-0.15, -0.1) is 0 Å². The highest BCUT2D eigenvalue weighted by atomic mass is 79.9. The van der Waals surface area contributed by atoms with E-state index in [0.717, 1.165) is 21.1 Å². The molecule has 1 heterocycles. The van der Waals surface area contributed by atoms with Crippen molar-refractivity contribution >= 4 is 32.7 Å². The molecule has 0 bridgehead atoms. The third-order valence-electron chi connectivity index (χ3n) is 2.77. The molecule has 0 aliphatic carbocycles. The van der Waals surface area contributed by atoms with Crippen LogP contribution in [-0.4, -0.2) is 9.97 Å². The second-order valence-corrected chi connectivity index (χ2v) is 5.15. The Labute approximate surface area is 118 Å². The Morgan fingerprint density at radius 2 is 1.95 bits per heavy atom. The van der Waals surface area contributed by atoms with Crippen LogP contribution in [0.15, 0.2) is 46.9 Å². The van der Waals surface area contributed by atoms with Crippen molar-refractivity contribution < 1.29 is 4.74 Å². The van der Waals surface area contributed by atoms with Gasteiger partial charge >= 0.3 is 0 Å². The summed E-state index contributed by atoms with van der Waals surface area (Å²) in [5, 5.41) is 0. The number of hydrogen-bond acceptors (Lipinski definition) is 3. The standard InChI is InChI=1S/C14H12BrN3O/c15-10-3-1-9(2-4-10)8-19-14-17-12-6-5-11(16)7-13(12)18-14/h1-7H,8,16H2,(H,17,18). The SMILES string of the molecule is Nc1ccc2nc(OCc3ccc(Br)cc3)[nH]c2c1. The van der Waals surface area contributed by atoms with E-state index >= 15 is 0 Å². The van der Waals surface area contributed by atoms with Gasteiger partial charge in [0.2, 0.25) is 0 Å². The molecule has 2 aromatic carbocycles. The zero-order chi connectivity index (χ0) is 13.2. The molecule has 4 nitrogen and oxygen atoms in total. The predicted molar refractivity (Wildman–Crippen MR) is 79.0 cm³/mol. The van der Waals surface area contributed by atoms with Gasteiger partial charge in [-0.1, -0.05) is 28.1 Å². The van der Waals surface area contributed by atoms with Gasteiger partial charge in [0, 0.05) is 10.2 Å². The summed E-state index contributed by atoms with van der Waals surface area (Å²) >= 11 is 3.40. The van der Waals surface area contributed by atoms with Crippen molar-refractivity contribution in [3.63, 3.8) is 0 Å². The van der Waals surface area contributed by atoms with Crippen molar-refractivity contribution in [1.29, 1.82) is 0 Å². The molecule has 0 atom stereocenters. The van der Waals surface area contributed by atoms with Gasteiger partial charge in [0.15, 0.2) is 0 Å². The molecule has 0 unspecified atom stereocenters. The molecule has 1 aromatic heterocycles. The molecule has 0 amide bonds. The fourth-order valence-electron chi connectivity index (χ4n) is 1.80. The number of benzene rings is 2. The summed E-state index contributed by atoms with van der Waals surface area (Å²) in [4.78, 5) is 7.44. The molecule has 5 heteroatoms. The fourth-order valence-corrected chi connectivity index (χ4v) is 2.07. The zero-order valence-corrected chi connectivity index (χ0v) is 11.6. The number of nitrogens with zero attached hydrogens (tertiary/aromatic N) is 1. The summed E-state index contributed by atoms with van der Waals surface area (Å²) in [5.41, 5.74) is 9.24. The van der Waals surface area contributed by atoms with Gasteiger partial charge in [-0.2, -0.15) is 4.98 Å². The van der Waals surface area contributed by atoms with Crippen LogP contribution in [0.2, 0.25) is 0 Å². The molecule has 0 radical (unpaired) electrons. The molecule has 0 aliphatic heterocycles. The van der Waals surface area contributed by atoms with Gasteiger partial charge in [0.05, 0.1) is 11.0 Å². The van der Waals surface area contributed by atoms with Crippen LogP contribution < -0.4 is 10.5 Å². The minimum absolute atomic E-state index is 0.475. The molecule has 0 spiro atoms. The van der Waals surface area contributed by atoms with E-state index in [9.17, 15) is 0 Å². The molecular formula is C14H12BrN3O. The summed E-state index contributed by atoms with van der Waals surface area (Å²) in [7, 11) is 0. The maximum absolute atomic E-state index is 5.72. The Kier molecular flexibility index (Phi) is 3.13. The molecular weight excluding hydrogens is 306 g/mol. The lowest BCUT2D eigenvalue weighted by Gasteiger charge is -2.02. The van der Waals surface area contributed by atoms with Crippen molar-refractivity contribution in [2.24, 2.45) is 0 Å². The van der Waals surface area contributed by atoms with Gasteiger partial charge in [0.25, 0.3) is 6.01 Å². The highest BCUT2D eigenvalue weighted by molar-refractivity contribution is 9.10. The lowest BCUT2D eigenvalue weighted by molar-refractivity contribution is 0.285. The van der Waals surface area contributed by atoms with Gasteiger partial charge in [0.1, 0.15) is 6.61 Å². The fraction of sp³-hybridized carbons (Fsp3) is 0.0714. The average molecular weight is 318 g/mol. The number of imidazole rings is 1. The highest BCUT2D eigenvalue weighted by Crippen LogP contribution is 2.19. The Morgan fingerprint density at radius 3 is 2.74 bits per heavy atom. The maximum Gasteiger partial charge on any atom is 0.294 e. The molecule has 3 rings (SSSR count). The number of hydrogen-bond donors (Lipinski definition) is 2.